The Morgan fingerprint density at radius 2 is 2.10 bits per heavy atom. The van der Waals surface area contributed by atoms with Crippen molar-refractivity contribution in [1.82, 2.24) is 15.5 Å². The Morgan fingerprint density at radius 1 is 1.40 bits per heavy atom. The lowest BCUT2D eigenvalue weighted by atomic mass is 10.2. The standard InChI is InChI=1S/C14H30N4S.HI/c1-6-15-13(17-11-14(2,3)19-5)16-10-12-8-7-9-18(12)4;/h12H,6-11H2,1-5H3,(H2,15,16,17);1H. The molecule has 2 N–H and O–H groups in total. The highest BCUT2D eigenvalue weighted by molar-refractivity contribution is 14.0. The Hall–Kier alpha value is 0.310. The zero-order valence-corrected chi connectivity index (χ0v) is 16.7. The number of likely N-dealkylation sites (N-methyl/N-ethyl adjacent to an activating group) is 1. The first-order chi connectivity index (χ1) is 8.98. The SMILES string of the molecule is CCNC(=NCC(C)(C)SC)NCC1CCCN1C.I. The molecule has 0 aromatic heterocycles. The summed E-state index contributed by atoms with van der Waals surface area (Å²) in [7, 11) is 2.21. The van der Waals surface area contributed by atoms with E-state index in [0.29, 0.717) is 6.04 Å². The molecule has 1 aliphatic rings. The Morgan fingerprint density at radius 3 is 2.60 bits per heavy atom. The summed E-state index contributed by atoms with van der Waals surface area (Å²) >= 11 is 1.86. The molecule has 0 saturated carbocycles. The van der Waals surface area contributed by atoms with Gasteiger partial charge in [-0.3, -0.25) is 4.99 Å². The van der Waals surface area contributed by atoms with Crippen LogP contribution in [0.1, 0.15) is 33.6 Å². The van der Waals surface area contributed by atoms with Crippen LogP contribution in [0.4, 0.5) is 0 Å². The fourth-order valence-electron chi connectivity index (χ4n) is 2.13. The molecule has 0 aromatic rings. The molecule has 0 radical (unpaired) electrons. The van der Waals surface area contributed by atoms with Crippen molar-refractivity contribution in [2.24, 2.45) is 4.99 Å². The third-order valence-electron chi connectivity index (χ3n) is 3.69. The van der Waals surface area contributed by atoms with Gasteiger partial charge in [-0.15, -0.1) is 24.0 Å². The Labute approximate surface area is 145 Å². The minimum Gasteiger partial charge on any atom is -0.357 e. The Bertz CT molecular complexity index is 297. The number of thioether (sulfide) groups is 1. The first kappa shape index (κ1) is 20.3. The van der Waals surface area contributed by atoms with E-state index in [0.717, 1.165) is 25.6 Å². The van der Waals surface area contributed by atoms with E-state index in [1.807, 2.05) is 11.8 Å². The van der Waals surface area contributed by atoms with E-state index in [1.165, 1.54) is 19.4 Å². The van der Waals surface area contributed by atoms with Crippen LogP contribution in [0.3, 0.4) is 0 Å². The average Bonchev–Trinajstić information content (AvgIpc) is 2.78. The lowest BCUT2D eigenvalue weighted by molar-refractivity contribution is 0.309. The molecule has 1 heterocycles. The molecule has 1 fully saturated rings. The number of nitrogens with one attached hydrogen (secondary N) is 2. The monoisotopic (exact) mass is 414 g/mol. The van der Waals surface area contributed by atoms with E-state index in [2.05, 4.69) is 49.6 Å². The summed E-state index contributed by atoms with van der Waals surface area (Å²) in [6, 6.07) is 0.650. The van der Waals surface area contributed by atoms with Gasteiger partial charge in [-0.2, -0.15) is 11.8 Å². The van der Waals surface area contributed by atoms with E-state index < -0.39 is 0 Å². The van der Waals surface area contributed by atoms with Crippen LogP contribution in [0.25, 0.3) is 0 Å². The smallest absolute Gasteiger partial charge is 0.191 e. The maximum Gasteiger partial charge on any atom is 0.191 e. The van der Waals surface area contributed by atoms with Crippen LogP contribution >= 0.6 is 35.7 Å². The van der Waals surface area contributed by atoms with Crippen LogP contribution in [-0.2, 0) is 0 Å². The van der Waals surface area contributed by atoms with Gasteiger partial charge in [-0.05, 0) is 53.5 Å². The molecule has 1 unspecified atom stereocenters. The lowest BCUT2D eigenvalue weighted by Gasteiger charge is -2.23. The van der Waals surface area contributed by atoms with Crippen molar-refractivity contribution in [1.29, 1.82) is 0 Å². The second-order valence-electron chi connectivity index (χ2n) is 5.82. The predicted octanol–water partition coefficient (Wildman–Crippen LogP) is 2.40. The number of hydrogen-bond acceptors (Lipinski definition) is 3. The zero-order valence-electron chi connectivity index (χ0n) is 13.5. The van der Waals surface area contributed by atoms with Gasteiger partial charge in [0.25, 0.3) is 0 Å². The number of nitrogens with zero attached hydrogens (tertiary/aromatic N) is 2. The van der Waals surface area contributed by atoms with Gasteiger partial charge in [0.1, 0.15) is 0 Å². The van der Waals surface area contributed by atoms with Crippen molar-refractivity contribution in [2.45, 2.75) is 44.4 Å². The lowest BCUT2D eigenvalue weighted by Crippen LogP contribution is -2.44. The summed E-state index contributed by atoms with van der Waals surface area (Å²) in [5.74, 6) is 0.949. The maximum atomic E-state index is 4.70. The number of guanidine groups is 1. The van der Waals surface area contributed by atoms with Crippen molar-refractivity contribution < 1.29 is 0 Å². The summed E-state index contributed by atoms with van der Waals surface area (Å²) in [5.41, 5.74) is 0. The summed E-state index contributed by atoms with van der Waals surface area (Å²) in [6.07, 6.45) is 4.75. The van der Waals surface area contributed by atoms with Gasteiger partial charge in [0.15, 0.2) is 5.96 Å². The highest BCUT2D eigenvalue weighted by Crippen LogP contribution is 2.21. The molecule has 1 rings (SSSR count). The molecule has 0 aliphatic carbocycles. The first-order valence-corrected chi connectivity index (χ1v) is 8.48. The van der Waals surface area contributed by atoms with Crippen molar-refractivity contribution in [3.05, 3.63) is 0 Å². The van der Waals surface area contributed by atoms with Gasteiger partial charge in [0.05, 0.1) is 6.54 Å². The molecule has 0 aromatic carbocycles. The fraction of sp³-hybridized carbons (Fsp3) is 0.929. The fourth-order valence-corrected chi connectivity index (χ4v) is 2.32. The number of halogens is 1. The topological polar surface area (TPSA) is 39.7 Å². The number of likely N-dealkylation sites (tertiary alicyclic amines) is 1. The van der Waals surface area contributed by atoms with Gasteiger partial charge in [0.2, 0.25) is 0 Å². The van der Waals surface area contributed by atoms with Crippen molar-refractivity contribution >= 4 is 41.7 Å². The van der Waals surface area contributed by atoms with Crippen LogP contribution < -0.4 is 10.6 Å². The van der Waals surface area contributed by atoms with Crippen molar-refractivity contribution in [3.8, 4) is 0 Å². The van der Waals surface area contributed by atoms with Crippen molar-refractivity contribution in [3.63, 3.8) is 0 Å². The first-order valence-electron chi connectivity index (χ1n) is 7.26. The molecule has 1 atom stereocenters. The summed E-state index contributed by atoms with van der Waals surface area (Å²) in [4.78, 5) is 7.13. The minimum absolute atomic E-state index is 0. The van der Waals surface area contributed by atoms with E-state index in [1.54, 1.807) is 0 Å². The molecule has 120 valence electrons. The highest BCUT2D eigenvalue weighted by atomic mass is 127. The van der Waals surface area contributed by atoms with Crippen LogP contribution in [0.15, 0.2) is 4.99 Å². The summed E-state index contributed by atoms with van der Waals surface area (Å²) < 4.78 is 0.201. The summed E-state index contributed by atoms with van der Waals surface area (Å²) in [5, 5.41) is 6.81. The average molecular weight is 414 g/mol. The normalized spacial score (nSPS) is 20.6. The highest BCUT2D eigenvalue weighted by Gasteiger charge is 2.21. The molecule has 6 heteroatoms. The summed E-state index contributed by atoms with van der Waals surface area (Å²) in [6.45, 7) is 10.5. The van der Waals surface area contributed by atoms with Gasteiger partial charge >= 0.3 is 0 Å². The third kappa shape index (κ3) is 7.36. The van der Waals surface area contributed by atoms with Gasteiger partial charge in [-0.1, -0.05) is 0 Å². The molecule has 0 spiro atoms. The molecule has 20 heavy (non-hydrogen) atoms. The van der Waals surface area contributed by atoms with Crippen LogP contribution in [-0.4, -0.2) is 61.1 Å². The second kappa shape index (κ2) is 10.1. The van der Waals surface area contributed by atoms with E-state index >= 15 is 0 Å². The van der Waals surface area contributed by atoms with Crippen molar-refractivity contribution in [2.75, 3.05) is 39.5 Å². The van der Waals surface area contributed by atoms with Crippen LogP contribution in [0.2, 0.25) is 0 Å². The zero-order chi connectivity index (χ0) is 14.3. The Kier molecular flexibility index (Phi) is 10.3. The van der Waals surface area contributed by atoms with Crippen LogP contribution in [0.5, 0.6) is 0 Å². The molecule has 1 aliphatic heterocycles. The van der Waals surface area contributed by atoms with Crippen LogP contribution in [0, 0.1) is 0 Å². The minimum atomic E-state index is 0. The predicted molar refractivity (Wildman–Crippen MR) is 103 cm³/mol. The second-order valence-corrected chi connectivity index (χ2v) is 7.33. The van der Waals surface area contributed by atoms with Gasteiger partial charge < -0.3 is 15.5 Å². The molecular weight excluding hydrogens is 383 g/mol. The quantitative estimate of drug-likeness (QED) is 0.398. The molecule has 1 saturated heterocycles. The molecule has 0 amide bonds. The molecule has 4 nitrogen and oxygen atoms in total. The van der Waals surface area contributed by atoms with E-state index in [4.69, 9.17) is 4.99 Å². The molecular formula is C14H31IN4S. The van der Waals surface area contributed by atoms with Gasteiger partial charge in [-0.25, -0.2) is 0 Å². The van der Waals surface area contributed by atoms with E-state index in [-0.39, 0.29) is 28.7 Å². The van der Waals surface area contributed by atoms with E-state index in [9.17, 15) is 0 Å². The number of aliphatic imine (C=N–C) groups is 1. The number of rotatable bonds is 6. The third-order valence-corrected chi connectivity index (χ3v) is 4.93. The van der Waals surface area contributed by atoms with Gasteiger partial charge in [0, 0.05) is 23.9 Å². The largest absolute Gasteiger partial charge is 0.357 e. The Balaban J connectivity index is 0.00000361. The molecule has 0 bridgehead atoms. The number of hydrogen-bond donors (Lipinski definition) is 2. The maximum absolute atomic E-state index is 4.70.